The predicted octanol–water partition coefficient (Wildman–Crippen LogP) is 0.873. The van der Waals surface area contributed by atoms with Gasteiger partial charge in [0.25, 0.3) is 0 Å². The van der Waals surface area contributed by atoms with Crippen molar-refractivity contribution in [2.45, 2.75) is 18.4 Å². The second-order valence-corrected chi connectivity index (χ2v) is 9.55. The van der Waals surface area contributed by atoms with Gasteiger partial charge in [-0.15, -0.1) is 0 Å². The molecule has 8 nitrogen and oxygen atoms in total. The van der Waals surface area contributed by atoms with E-state index in [0.29, 0.717) is 5.69 Å². The molecule has 1 unspecified atom stereocenters. The van der Waals surface area contributed by atoms with Crippen molar-refractivity contribution >= 4 is 31.6 Å². The molecule has 1 saturated heterocycles. The summed E-state index contributed by atoms with van der Waals surface area (Å²) in [6.07, 6.45) is 1.56. The summed E-state index contributed by atoms with van der Waals surface area (Å²) in [5.74, 6) is -1.39. The van der Waals surface area contributed by atoms with Crippen LogP contribution >= 0.6 is 0 Å². The third-order valence-corrected chi connectivity index (χ3v) is 7.20. The number of nitrogens with zero attached hydrogens (tertiary/aromatic N) is 2. The molecule has 0 radical (unpaired) electrons. The van der Waals surface area contributed by atoms with E-state index in [1.54, 1.807) is 31.3 Å². The Kier molecular flexibility index (Phi) is 4.82. The van der Waals surface area contributed by atoms with Gasteiger partial charge in [0.15, 0.2) is 0 Å². The molecule has 26 heavy (non-hydrogen) atoms. The molecule has 1 aliphatic rings. The number of carbonyl (C=O) groups is 1. The summed E-state index contributed by atoms with van der Waals surface area (Å²) in [4.78, 5) is 16.1. The van der Waals surface area contributed by atoms with E-state index in [9.17, 15) is 21.6 Å². The fourth-order valence-corrected chi connectivity index (χ4v) is 5.42. The first-order chi connectivity index (χ1) is 12.2. The highest BCUT2D eigenvalue weighted by Gasteiger charge is 2.41. The molecule has 0 spiro atoms. The maximum Gasteiger partial charge on any atom is 0.244 e. The van der Waals surface area contributed by atoms with E-state index in [4.69, 9.17) is 0 Å². The monoisotopic (exact) mass is 395 g/mol. The molecule has 3 rings (SSSR count). The topological polar surface area (TPSA) is 114 Å². The summed E-state index contributed by atoms with van der Waals surface area (Å²) in [5.41, 5.74) is 0.693. The SMILES string of the molecule is CC1CS(=O)(=O)N(c2ccc(S(=O)(=O)NCc3ccccn3)cc2)C1=O. The summed E-state index contributed by atoms with van der Waals surface area (Å²) in [6.45, 7) is 1.57. The number of benzene rings is 1. The van der Waals surface area contributed by atoms with Crippen LogP contribution in [-0.4, -0.2) is 33.5 Å². The molecular formula is C16H17N3O5S2. The Bertz CT molecular complexity index is 1020. The number of carbonyl (C=O) groups excluding carboxylic acids is 1. The number of anilines is 1. The highest BCUT2D eigenvalue weighted by molar-refractivity contribution is 7.94. The molecule has 1 aromatic heterocycles. The van der Waals surface area contributed by atoms with Crippen LogP contribution in [0.15, 0.2) is 53.6 Å². The van der Waals surface area contributed by atoms with Crippen molar-refractivity contribution in [2.75, 3.05) is 10.1 Å². The Balaban J connectivity index is 1.80. The summed E-state index contributed by atoms with van der Waals surface area (Å²) >= 11 is 0. The Morgan fingerprint density at radius 2 is 1.88 bits per heavy atom. The molecule has 1 N–H and O–H groups in total. The summed E-state index contributed by atoms with van der Waals surface area (Å²) in [7, 11) is -7.52. The Morgan fingerprint density at radius 3 is 2.42 bits per heavy atom. The number of hydrogen-bond acceptors (Lipinski definition) is 6. The van der Waals surface area contributed by atoms with Crippen LogP contribution in [0.1, 0.15) is 12.6 Å². The molecule has 10 heteroatoms. The van der Waals surface area contributed by atoms with Gasteiger partial charge >= 0.3 is 0 Å². The zero-order valence-corrected chi connectivity index (χ0v) is 15.5. The van der Waals surface area contributed by atoms with Crippen LogP contribution in [-0.2, 0) is 31.4 Å². The number of aromatic nitrogens is 1. The lowest BCUT2D eigenvalue weighted by atomic mass is 10.2. The quantitative estimate of drug-likeness (QED) is 0.804. The zero-order chi connectivity index (χ0) is 18.9. The van der Waals surface area contributed by atoms with Crippen LogP contribution in [0.2, 0.25) is 0 Å². The van der Waals surface area contributed by atoms with E-state index in [1.165, 1.54) is 24.3 Å². The van der Waals surface area contributed by atoms with E-state index in [1.807, 2.05) is 0 Å². The lowest BCUT2D eigenvalue weighted by Crippen LogP contribution is -2.30. The minimum Gasteiger partial charge on any atom is -0.273 e. The van der Waals surface area contributed by atoms with E-state index >= 15 is 0 Å². The molecule has 0 aliphatic carbocycles. The fourth-order valence-electron chi connectivity index (χ4n) is 2.60. The molecule has 0 saturated carbocycles. The first-order valence-corrected chi connectivity index (χ1v) is 10.9. The van der Waals surface area contributed by atoms with Gasteiger partial charge in [-0.3, -0.25) is 9.78 Å². The highest BCUT2D eigenvalue weighted by Crippen LogP contribution is 2.28. The number of nitrogens with one attached hydrogen (secondary N) is 1. The third kappa shape index (κ3) is 3.62. The van der Waals surface area contributed by atoms with Crippen molar-refractivity contribution in [1.82, 2.24) is 9.71 Å². The zero-order valence-electron chi connectivity index (χ0n) is 13.9. The first-order valence-electron chi connectivity index (χ1n) is 7.77. The average molecular weight is 395 g/mol. The van der Waals surface area contributed by atoms with Gasteiger partial charge in [0, 0.05) is 6.20 Å². The van der Waals surface area contributed by atoms with Crippen LogP contribution < -0.4 is 9.03 Å². The van der Waals surface area contributed by atoms with Gasteiger partial charge in [-0.25, -0.2) is 25.9 Å². The number of hydrogen-bond donors (Lipinski definition) is 1. The summed E-state index contributed by atoms with van der Waals surface area (Å²) in [5, 5.41) is 0. The Labute approximate surface area is 152 Å². The second kappa shape index (κ2) is 6.78. The molecule has 1 aromatic carbocycles. The minimum atomic E-state index is -3.79. The summed E-state index contributed by atoms with van der Waals surface area (Å²) < 4.78 is 52.0. The largest absolute Gasteiger partial charge is 0.273 e. The molecule has 1 amide bonds. The number of amides is 1. The molecule has 1 aliphatic heterocycles. The van der Waals surface area contributed by atoms with Gasteiger partial charge in [0.2, 0.25) is 26.0 Å². The molecule has 1 atom stereocenters. The smallest absolute Gasteiger partial charge is 0.244 e. The van der Waals surface area contributed by atoms with E-state index in [-0.39, 0.29) is 22.9 Å². The molecule has 2 heterocycles. The van der Waals surface area contributed by atoms with Crippen LogP contribution in [0, 0.1) is 5.92 Å². The van der Waals surface area contributed by atoms with Gasteiger partial charge in [0.05, 0.1) is 34.5 Å². The summed E-state index contributed by atoms with van der Waals surface area (Å²) in [6, 6.07) is 10.3. The second-order valence-electron chi connectivity index (χ2n) is 5.92. The number of sulfonamides is 2. The van der Waals surface area contributed by atoms with Gasteiger partial charge in [0.1, 0.15) is 0 Å². The van der Waals surface area contributed by atoms with Crippen molar-refractivity contribution in [3.63, 3.8) is 0 Å². The van der Waals surface area contributed by atoms with Crippen molar-refractivity contribution in [1.29, 1.82) is 0 Å². The standard InChI is InChI=1S/C16H17N3O5S2/c1-12-11-25(21,22)19(16(12)20)14-5-7-15(8-6-14)26(23,24)18-10-13-4-2-3-9-17-13/h2-9,12,18H,10-11H2,1H3. The van der Waals surface area contributed by atoms with Gasteiger partial charge in [-0.1, -0.05) is 13.0 Å². The molecule has 138 valence electrons. The normalized spacial score (nSPS) is 19.7. The van der Waals surface area contributed by atoms with E-state index in [2.05, 4.69) is 9.71 Å². The molecule has 0 bridgehead atoms. The van der Waals surface area contributed by atoms with Gasteiger partial charge in [-0.2, -0.15) is 0 Å². The van der Waals surface area contributed by atoms with Gasteiger partial charge < -0.3 is 0 Å². The third-order valence-electron chi connectivity index (χ3n) is 3.91. The number of pyridine rings is 1. The predicted molar refractivity (Wildman–Crippen MR) is 95.1 cm³/mol. The van der Waals surface area contributed by atoms with Crippen LogP contribution in [0.3, 0.4) is 0 Å². The molecule has 1 fully saturated rings. The van der Waals surface area contributed by atoms with E-state index < -0.39 is 31.9 Å². The lowest BCUT2D eigenvalue weighted by Gasteiger charge is -2.15. The van der Waals surface area contributed by atoms with Crippen molar-refractivity contribution in [2.24, 2.45) is 5.92 Å². The van der Waals surface area contributed by atoms with Gasteiger partial charge in [-0.05, 0) is 36.4 Å². The highest BCUT2D eigenvalue weighted by atomic mass is 32.2. The molecular weight excluding hydrogens is 378 g/mol. The van der Waals surface area contributed by atoms with Crippen molar-refractivity contribution in [3.05, 3.63) is 54.4 Å². The van der Waals surface area contributed by atoms with Crippen molar-refractivity contribution in [3.8, 4) is 0 Å². The first kappa shape index (κ1) is 18.5. The maximum atomic E-state index is 12.3. The molecule has 2 aromatic rings. The maximum absolute atomic E-state index is 12.3. The lowest BCUT2D eigenvalue weighted by molar-refractivity contribution is -0.119. The minimum absolute atomic E-state index is 0.0292. The van der Waals surface area contributed by atoms with E-state index in [0.717, 1.165) is 4.31 Å². The van der Waals surface area contributed by atoms with Crippen LogP contribution in [0.5, 0.6) is 0 Å². The Hall–Kier alpha value is -2.30. The van der Waals surface area contributed by atoms with Crippen LogP contribution in [0.25, 0.3) is 0 Å². The average Bonchev–Trinajstić information content (AvgIpc) is 2.81. The van der Waals surface area contributed by atoms with Crippen molar-refractivity contribution < 1.29 is 21.6 Å². The number of rotatable bonds is 5. The Morgan fingerprint density at radius 1 is 1.19 bits per heavy atom. The fraction of sp³-hybridized carbons (Fsp3) is 0.250. The van der Waals surface area contributed by atoms with Crippen LogP contribution in [0.4, 0.5) is 5.69 Å².